The molecule has 4 nitrogen and oxygen atoms in total. The molecule has 1 N–H and O–H groups in total. The van der Waals surface area contributed by atoms with Crippen molar-refractivity contribution >= 4 is 40.4 Å². The summed E-state index contributed by atoms with van der Waals surface area (Å²) in [4.78, 5) is 28.0. The second kappa shape index (κ2) is 9.07. The maximum atomic E-state index is 13.2. The predicted octanol–water partition coefficient (Wildman–Crippen LogP) is 4.56. The number of terminal acetylenes is 1. The van der Waals surface area contributed by atoms with Crippen LogP contribution in [0.15, 0.2) is 41.8 Å². The number of amides is 2. The topological polar surface area (TPSA) is 49.4 Å². The fraction of sp³-hybridized carbons (Fsp3) is 0.333. The molecule has 1 fully saturated rings. The maximum Gasteiger partial charge on any atom is 0.303 e. The molecule has 1 aliphatic carbocycles. The normalized spacial score (nSPS) is 15.6. The average Bonchev–Trinajstić information content (AvgIpc) is 3.21. The number of halogens is 1. The monoisotopic (exact) mass is 400 g/mol. The summed E-state index contributed by atoms with van der Waals surface area (Å²) >= 11 is 7.41. The molecule has 1 aliphatic rings. The molecule has 1 unspecified atom stereocenters. The molecule has 1 atom stereocenters. The standard InChI is InChI=1S/C21H21ClN2O2S/c1-2-19(25)24(17-12-10-15(22)11-13-17)20(18-9-6-14-27-18)21(26)23-16-7-4-3-5-8-16/h1,6,9-14,16,20H,3-5,7-8H2,(H,23,26). The van der Waals surface area contributed by atoms with Gasteiger partial charge in [-0.15, -0.1) is 17.8 Å². The number of benzene rings is 1. The lowest BCUT2D eigenvalue weighted by molar-refractivity contribution is -0.125. The molecule has 2 amide bonds. The van der Waals surface area contributed by atoms with E-state index in [1.807, 2.05) is 17.5 Å². The Morgan fingerprint density at radius 1 is 1.19 bits per heavy atom. The molecule has 3 rings (SSSR count). The molecule has 1 aromatic heterocycles. The van der Waals surface area contributed by atoms with Crippen molar-refractivity contribution < 1.29 is 9.59 Å². The lowest BCUT2D eigenvalue weighted by Gasteiger charge is -2.31. The molecule has 1 heterocycles. The van der Waals surface area contributed by atoms with E-state index in [9.17, 15) is 9.59 Å². The molecule has 1 aromatic carbocycles. The summed E-state index contributed by atoms with van der Waals surface area (Å²) in [7, 11) is 0. The number of rotatable bonds is 5. The lowest BCUT2D eigenvalue weighted by atomic mass is 9.95. The van der Waals surface area contributed by atoms with Crippen molar-refractivity contribution in [2.24, 2.45) is 0 Å². The van der Waals surface area contributed by atoms with Crippen LogP contribution in [0.1, 0.15) is 43.0 Å². The zero-order valence-electron chi connectivity index (χ0n) is 14.9. The van der Waals surface area contributed by atoms with Crippen molar-refractivity contribution in [2.45, 2.75) is 44.2 Å². The molecule has 2 aromatic rings. The van der Waals surface area contributed by atoms with E-state index in [1.165, 1.54) is 22.7 Å². The second-order valence-electron chi connectivity index (χ2n) is 6.56. The van der Waals surface area contributed by atoms with Gasteiger partial charge in [0.05, 0.1) is 0 Å². The number of nitrogens with one attached hydrogen (secondary N) is 1. The minimum absolute atomic E-state index is 0.140. The number of anilines is 1. The number of thiophene rings is 1. The molecular formula is C21H21ClN2O2S. The summed E-state index contributed by atoms with van der Waals surface area (Å²) in [5, 5.41) is 5.56. The third kappa shape index (κ3) is 4.71. The highest BCUT2D eigenvalue weighted by Crippen LogP contribution is 2.32. The first-order chi connectivity index (χ1) is 13.1. The van der Waals surface area contributed by atoms with Crippen LogP contribution in [0.4, 0.5) is 5.69 Å². The van der Waals surface area contributed by atoms with Crippen molar-refractivity contribution in [3.8, 4) is 12.3 Å². The molecule has 0 bridgehead atoms. The van der Waals surface area contributed by atoms with E-state index >= 15 is 0 Å². The quantitative estimate of drug-likeness (QED) is 0.748. The van der Waals surface area contributed by atoms with Crippen molar-refractivity contribution in [3.05, 3.63) is 51.7 Å². The molecule has 140 valence electrons. The lowest BCUT2D eigenvalue weighted by Crippen LogP contribution is -2.46. The fourth-order valence-corrected chi connectivity index (χ4v) is 4.34. The van der Waals surface area contributed by atoms with Gasteiger partial charge in [0.15, 0.2) is 6.04 Å². The third-order valence-corrected chi connectivity index (χ3v) is 5.89. The van der Waals surface area contributed by atoms with Gasteiger partial charge in [-0.3, -0.25) is 14.5 Å². The minimum atomic E-state index is -0.809. The first-order valence-electron chi connectivity index (χ1n) is 8.99. The van der Waals surface area contributed by atoms with E-state index < -0.39 is 11.9 Å². The summed E-state index contributed by atoms with van der Waals surface area (Å²) in [6, 6.07) is 9.80. The van der Waals surface area contributed by atoms with E-state index in [1.54, 1.807) is 24.3 Å². The van der Waals surface area contributed by atoms with Crippen LogP contribution in [-0.2, 0) is 9.59 Å². The van der Waals surface area contributed by atoms with Gasteiger partial charge >= 0.3 is 5.91 Å². The van der Waals surface area contributed by atoms with E-state index in [2.05, 4.69) is 11.2 Å². The first kappa shape index (κ1) is 19.5. The smallest absolute Gasteiger partial charge is 0.303 e. The maximum absolute atomic E-state index is 13.2. The average molecular weight is 401 g/mol. The summed E-state index contributed by atoms with van der Waals surface area (Å²) < 4.78 is 0. The highest BCUT2D eigenvalue weighted by Gasteiger charge is 2.34. The predicted molar refractivity (Wildman–Crippen MR) is 110 cm³/mol. The van der Waals surface area contributed by atoms with Gasteiger partial charge < -0.3 is 5.32 Å². The number of hydrogen-bond donors (Lipinski definition) is 1. The Hall–Kier alpha value is -2.29. The van der Waals surface area contributed by atoms with Crippen LogP contribution >= 0.6 is 22.9 Å². The number of carbonyl (C=O) groups is 2. The molecular weight excluding hydrogens is 380 g/mol. The van der Waals surface area contributed by atoms with Gasteiger partial charge in [0.1, 0.15) is 0 Å². The van der Waals surface area contributed by atoms with Crippen LogP contribution in [0.25, 0.3) is 0 Å². The summed E-state index contributed by atoms with van der Waals surface area (Å²) in [6.45, 7) is 0. The van der Waals surface area contributed by atoms with E-state index in [-0.39, 0.29) is 11.9 Å². The summed E-state index contributed by atoms with van der Waals surface area (Å²) in [6.07, 6.45) is 10.8. The zero-order valence-corrected chi connectivity index (χ0v) is 16.4. The van der Waals surface area contributed by atoms with Gasteiger partial charge in [-0.1, -0.05) is 36.9 Å². The largest absolute Gasteiger partial charge is 0.351 e. The first-order valence-corrected chi connectivity index (χ1v) is 10.2. The second-order valence-corrected chi connectivity index (χ2v) is 7.97. The molecule has 27 heavy (non-hydrogen) atoms. The van der Waals surface area contributed by atoms with Crippen LogP contribution in [0, 0.1) is 12.3 Å². The highest BCUT2D eigenvalue weighted by atomic mass is 35.5. The fourth-order valence-electron chi connectivity index (χ4n) is 3.40. The zero-order chi connectivity index (χ0) is 19.2. The van der Waals surface area contributed by atoms with Crippen LogP contribution < -0.4 is 10.2 Å². The van der Waals surface area contributed by atoms with Crippen LogP contribution in [-0.4, -0.2) is 17.9 Å². The SMILES string of the molecule is C#CC(=O)N(c1ccc(Cl)cc1)C(C(=O)NC1CCCCC1)c1cccs1. The molecule has 0 saturated heterocycles. The molecule has 6 heteroatoms. The van der Waals surface area contributed by atoms with Crippen molar-refractivity contribution in [3.63, 3.8) is 0 Å². The third-order valence-electron chi connectivity index (χ3n) is 4.72. The minimum Gasteiger partial charge on any atom is -0.351 e. The van der Waals surface area contributed by atoms with E-state index in [0.717, 1.165) is 30.6 Å². The Kier molecular flexibility index (Phi) is 6.54. The van der Waals surface area contributed by atoms with Crippen molar-refractivity contribution in [1.82, 2.24) is 5.32 Å². The summed E-state index contributed by atoms with van der Waals surface area (Å²) in [5.74, 6) is 1.39. The number of hydrogen-bond acceptors (Lipinski definition) is 3. The molecule has 0 aliphatic heterocycles. The van der Waals surface area contributed by atoms with Crippen LogP contribution in [0.2, 0.25) is 5.02 Å². The Morgan fingerprint density at radius 3 is 2.48 bits per heavy atom. The molecule has 0 spiro atoms. The Balaban J connectivity index is 1.96. The Morgan fingerprint density at radius 2 is 1.89 bits per heavy atom. The number of carbonyl (C=O) groups excluding carboxylic acids is 2. The van der Waals surface area contributed by atoms with E-state index in [4.69, 9.17) is 18.0 Å². The van der Waals surface area contributed by atoms with Gasteiger partial charge in [0.25, 0.3) is 0 Å². The number of nitrogens with zero attached hydrogens (tertiary/aromatic N) is 1. The van der Waals surface area contributed by atoms with Crippen LogP contribution in [0.5, 0.6) is 0 Å². The Bertz CT molecular complexity index is 821. The van der Waals surface area contributed by atoms with Crippen molar-refractivity contribution in [2.75, 3.05) is 4.90 Å². The molecule has 1 saturated carbocycles. The van der Waals surface area contributed by atoms with E-state index in [0.29, 0.717) is 10.7 Å². The van der Waals surface area contributed by atoms with Gasteiger partial charge in [-0.2, -0.15) is 0 Å². The highest BCUT2D eigenvalue weighted by molar-refractivity contribution is 7.10. The van der Waals surface area contributed by atoms with Crippen molar-refractivity contribution in [1.29, 1.82) is 0 Å². The Labute approximate surface area is 168 Å². The molecule has 0 radical (unpaired) electrons. The summed E-state index contributed by atoms with van der Waals surface area (Å²) in [5.41, 5.74) is 0.541. The van der Waals surface area contributed by atoms with Gasteiger partial charge in [0.2, 0.25) is 5.91 Å². The van der Waals surface area contributed by atoms with Gasteiger partial charge in [-0.05, 0) is 54.5 Å². The van der Waals surface area contributed by atoms with Gasteiger partial charge in [-0.25, -0.2) is 0 Å². The van der Waals surface area contributed by atoms with Gasteiger partial charge in [0, 0.05) is 21.6 Å². The van der Waals surface area contributed by atoms with Crippen LogP contribution in [0.3, 0.4) is 0 Å².